The Bertz CT molecular complexity index is 1410. The second-order valence-electron chi connectivity index (χ2n) is 8.30. The number of anilines is 1. The van der Waals surface area contributed by atoms with Crippen LogP contribution in [0.3, 0.4) is 0 Å². The quantitative estimate of drug-likeness (QED) is 0.304. The summed E-state index contributed by atoms with van der Waals surface area (Å²) in [5, 5.41) is 4.25. The van der Waals surface area contributed by atoms with Gasteiger partial charge in [0.05, 0.1) is 23.8 Å². The number of fused-ring (bicyclic) bond motifs is 1. The Morgan fingerprint density at radius 3 is 2.50 bits per heavy atom. The summed E-state index contributed by atoms with van der Waals surface area (Å²) < 4.78 is 6.12. The van der Waals surface area contributed by atoms with Crippen LogP contribution >= 0.6 is 23.2 Å². The van der Waals surface area contributed by atoms with E-state index >= 15 is 0 Å². The van der Waals surface area contributed by atoms with E-state index in [1.165, 1.54) is 11.8 Å². The van der Waals surface area contributed by atoms with Crippen molar-refractivity contribution >= 4 is 51.6 Å². The monoisotopic (exact) mass is 521 g/mol. The molecule has 0 aliphatic carbocycles. The van der Waals surface area contributed by atoms with Gasteiger partial charge in [-0.25, -0.2) is 4.98 Å². The number of para-hydroxylation sites is 1. The molecule has 2 amide bonds. The predicted molar refractivity (Wildman–Crippen MR) is 144 cm³/mol. The molecule has 0 saturated heterocycles. The Kier molecular flexibility index (Phi) is 8.08. The van der Waals surface area contributed by atoms with Gasteiger partial charge < -0.3 is 15.0 Å². The number of benzene rings is 3. The Hall–Kier alpha value is -3.61. The van der Waals surface area contributed by atoms with Gasteiger partial charge in [-0.3, -0.25) is 9.59 Å². The molecule has 0 bridgehead atoms. The van der Waals surface area contributed by atoms with Gasteiger partial charge in [0, 0.05) is 28.6 Å². The third-order valence-corrected chi connectivity index (χ3v) is 6.40. The molecule has 0 radical (unpaired) electrons. The average Bonchev–Trinajstić information content (AvgIpc) is 2.87. The lowest BCUT2D eigenvalue weighted by Gasteiger charge is -2.25. The molecule has 0 aliphatic rings. The van der Waals surface area contributed by atoms with Gasteiger partial charge in [0.1, 0.15) is 17.9 Å². The number of pyridine rings is 1. The number of rotatable bonds is 8. The zero-order valence-electron chi connectivity index (χ0n) is 19.9. The van der Waals surface area contributed by atoms with E-state index in [2.05, 4.69) is 10.3 Å². The van der Waals surface area contributed by atoms with Crippen LogP contribution in [-0.2, 0) is 22.7 Å². The maximum atomic E-state index is 13.1. The van der Waals surface area contributed by atoms with Gasteiger partial charge in [-0.15, -0.1) is 0 Å². The number of nitrogens with zero attached hydrogens (tertiary/aromatic N) is 2. The number of hydrogen-bond acceptors (Lipinski definition) is 4. The highest BCUT2D eigenvalue weighted by atomic mass is 35.5. The summed E-state index contributed by atoms with van der Waals surface area (Å²) in [5.74, 6) is 0.00808. The molecule has 4 rings (SSSR count). The van der Waals surface area contributed by atoms with E-state index in [1.807, 2.05) is 67.6 Å². The van der Waals surface area contributed by atoms with E-state index in [1.54, 1.807) is 12.1 Å². The van der Waals surface area contributed by atoms with Crippen molar-refractivity contribution in [3.05, 3.63) is 99.7 Å². The van der Waals surface area contributed by atoms with Crippen LogP contribution in [0.5, 0.6) is 5.75 Å². The Balaban J connectivity index is 1.66. The fourth-order valence-corrected chi connectivity index (χ4v) is 4.36. The SMILES string of the molecule is CC(=O)NCC(=O)N(Cc1ccccc1)c1ccc(Cl)c(COc2cccc3ccc(C)nc23)c1Cl. The van der Waals surface area contributed by atoms with Gasteiger partial charge >= 0.3 is 0 Å². The first-order chi connectivity index (χ1) is 17.3. The largest absolute Gasteiger partial charge is 0.487 e. The first-order valence-corrected chi connectivity index (χ1v) is 12.1. The molecule has 36 heavy (non-hydrogen) atoms. The van der Waals surface area contributed by atoms with E-state index in [0.717, 1.165) is 22.2 Å². The fraction of sp³-hybridized carbons (Fsp3) is 0.179. The molecule has 0 atom stereocenters. The van der Waals surface area contributed by atoms with Crippen molar-refractivity contribution in [3.63, 3.8) is 0 Å². The van der Waals surface area contributed by atoms with E-state index in [4.69, 9.17) is 27.9 Å². The number of amides is 2. The number of hydrogen-bond donors (Lipinski definition) is 1. The minimum Gasteiger partial charge on any atom is -0.487 e. The summed E-state index contributed by atoms with van der Waals surface area (Å²) in [5.41, 5.74) is 3.56. The maximum absolute atomic E-state index is 13.1. The predicted octanol–water partition coefficient (Wildman–Crippen LogP) is 6.10. The molecular weight excluding hydrogens is 497 g/mol. The van der Waals surface area contributed by atoms with Crippen molar-refractivity contribution in [1.29, 1.82) is 0 Å². The highest BCUT2D eigenvalue weighted by Crippen LogP contribution is 2.36. The highest BCUT2D eigenvalue weighted by molar-refractivity contribution is 6.38. The van der Waals surface area contributed by atoms with Gasteiger partial charge in [-0.1, -0.05) is 71.7 Å². The summed E-state index contributed by atoms with van der Waals surface area (Å²) in [6.45, 7) is 3.48. The van der Waals surface area contributed by atoms with Crippen LogP contribution in [0.25, 0.3) is 10.9 Å². The molecule has 3 aromatic carbocycles. The number of aromatic nitrogens is 1. The summed E-state index contributed by atoms with van der Waals surface area (Å²) in [6.07, 6.45) is 0. The van der Waals surface area contributed by atoms with Gasteiger partial charge in [-0.05, 0) is 36.8 Å². The smallest absolute Gasteiger partial charge is 0.246 e. The van der Waals surface area contributed by atoms with Crippen molar-refractivity contribution in [2.45, 2.75) is 27.0 Å². The molecule has 0 fully saturated rings. The second-order valence-corrected chi connectivity index (χ2v) is 9.09. The van der Waals surface area contributed by atoms with E-state index in [9.17, 15) is 9.59 Å². The fourth-order valence-electron chi connectivity index (χ4n) is 3.78. The molecule has 1 heterocycles. The number of carbonyl (C=O) groups is 2. The van der Waals surface area contributed by atoms with Crippen molar-refractivity contribution < 1.29 is 14.3 Å². The minimum atomic E-state index is -0.307. The van der Waals surface area contributed by atoms with E-state index < -0.39 is 0 Å². The number of carbonyl (C=O) groups excluding carboxylic acids is 2. The van der Waals surface area contributed by atoms with Gasteiger partial charge in [0.25, 0.3) is 0 Å². The molecule has 184 valence electrons. The average molecular weight is 522 g/mol. The van der Waals surface area contributed by atoms with Crippen molar-refractivity contribution in [1.82, 2.24) is 10.3 Å². The molecule has 0 aliphatic heterocycles. The number of nitrogens with one attached hydrogen (secondary N) is 1. The molecule has 1 aromatic heterocycles. The zero-order valence-corrected chi connectivity index (χ0v) is 21.4. The molecule has 4 aromatic rings. The molecule has 8 heteroatoms. The highest BCUT2D eigenvalue weighted by Gasteiger charge is 2.22. The van der Waals surface area contributed by atoms with Crippen molar-refractivity contribution in [2.24, 2.45) is 0 Å². The molecule has 0 unspecified atom stereocenters. The van der Waals surface area contributed by atoms with Crippen LogP contribution in [0.1, 0.15) is 23.7 Å². The van der Waals surface area contributed by atoms with Crippen LogP contribution < -0.4 is 15.0 Å². The molecule has 0 saturated carbocycles. The molecule has 0 spiro atoms. The van der Waals surface area contributed by atoms with Crippen LogP contribution in [0.4, 0.5) is 5.69 Å². The van der Waals surface area contributed by atoms with Gasteiger partial charge in [-0.2, -0.15) is 0 Å². The standard InChI is InChI=1S/C28H25Cl2N3O3/c1-18-11-12-21-9-6-10-25(28(21)32-18)36-17-22-23(29)13-14-24(27(22)30)33(26(35)15-31-19(2)34)16-20-7-4-3-5-8-20/h3-14H,15-17H2,1-2H3,(H,31,34). The van der Waals surface area contributed by atoms with Crippen LogP contribution in [0.2, 0.25) is 10.0 Å². The normalized spacial score (nSPS) is 10.8. The lowest BCUT2D eigenvalue weighted by Crippen LogP contribution is -2.39. The number of ether oxygens (including phenoxy) is 1. The van der Waals surface area contributed by atoms with Crippen molar-refractivity contribution in [3.8, 4) is 5.75 Å². The lowest BCUT2D eigenvalue weighted by atomic mass is 10.1. The van der Waals surface area contributed by atoms with Gasteiger partial charge in [0.2, 0.25) is 11.8 Å². The Labute approximate surface area is 219 Å². The maximum Gasteiger partial charge on any atom is 0.246 e. The zero-order chi connectivity index (χ0) is 25.7. The topological polar surface area (TPSA) is 71.5 Å². The molecule has 6 nitrogen and oxygen atoms in total. The van der Waals surface area contributed by atoms with Crippen LogP contribution in [0, 0.1) is 6.92 Å². The Morgan fingerprint density at radius 1 is 0.972 bits per heavy atom. The summed E-state index contributed by atoms with van der Waals surface area (Å²) in [7, 11) is 0. The number of halogens is 2. The molecule has 1 N–H and O–H groups in total. The van der Waals surface area contributed by atoms with Crippen molar-refractivity contribution in [2.75, 3.05) is 11.4 Å². The molecular formula is C28H25Cl2N3O3. The van der Waals surface area contributed by atoms with Gasteiger partial charge in [0.15, 0.2) is 0 Å². The van der Waals surface area contributed by atoms with Crippen LogP contribution in [-0.4, -0.2) is 23.3 Å². The number of aryl methyl sites for hydroxylation is 1. The lowest BCUT2D eigenvalue weighted by molar-refractivity contribution is -0.123. The van der Waals surface area contributed by atoms with Crippen LogP contribution in [0.15, 0.2) is 72.8 Å². The second kappa shape index (κ2) is 11.4. The van der Waals surface area contributed by atoms with E-state index in [0.29, 0.717) is 27.0 Å². The summed E-state index contributed by atoms with van der Waals surface area (Å²) >= 11 is 13.3. The van der Waals surface area contributed by atoms with E-state index in [-0.39, 0.29) is 31.5 Å². The Morgan fingerprint density at radius 2 is 1.75 bits per heavy atom. The summed E-state index contributed by atoms with van der Waals surface area (Å²) in [4.78, 5) is 30.7. The first kappa shape index (κ1) is 25.5. The minimum absolute atomic E-state index is 0.0826. The first-order valence-electron chi connectivity index (χ1n) is 11.4. The third-order valence-electron chi connectivity index (χ3n) is 5.62. The third kappa shape index (κ3) is 5.96. The summed E-state index contributed by atoms with van der Waals surface area (Å²) in [6, 6.07) is 22.6.